The fourth-order valence-corrected chi connectivity index (χ4v) is 5.23. The Morgan fingerprint density at radius 3 is 2.68 bits per heavy atom. The van der Waals surface area contributed by atoms with Gasteiger partial charge >= 0.3 is 6.09 Å². The van der Waals surface area contributed by atoms with Gasteiger partial charge in [0.15, 0.2) is 0 Å². The van der Waals surface area contributed by atoms with Gasteiger partial charge in [-0.05, 0) is 48.7 Å². The van der Waals surface area contributed by atoms with Gasteiger partial charge in [0.2, 0.25) is 0 Å². The molecule has 1 fully saturated rings. The van der Waals surface area contributed by atoms with Crippen molar-refractivity contribution in [2.24, 2.45) is 0 Å². The van der Waals surface area contributed by atoms with E-state index in [9.17, 15) is 15.1 Å². The maximum Gasteiger partial charge on any atom is 0.534 e. The molecule has 0 radical (unpaired) electrons. The van der Waals surface area contributed by atoms with Crippen molar-refractivity contribution in [2.45, 2.75) is 31.8 Å². The maximum absolute atomic E-state index is 14.0. The van der Waals surface area contributed by atoms with Crippen LogP contribution < -0.4 is 0 Å². The number of carboxylic acid groups (broad SMARTS) is 1. The van der Waals surface area contributed by atoms with Crippen molar-refractivity contribution in [3.05, 3.63) is 94.0 Å². The van der Waals surface area contributed by atoms with Gasteiger partial charge in [-0.1, -0.05) is 64.5 Å². The highest BCUT2D eigenvalue weighted by molar-refractivity contribution is 9.10. The Balaban J connectivity index is 1.47. The molecule has 174 valence electrons. The molecule has 0 spiro atoms. The number of hydrogen-bond acceptors (Lipinski definition) is 4. The van der Waals surface area contributed by atoms with Crippen LogP contribution in [0.3, 0.4) is 0 Å². The molecular formula is C26H25BrN4O3. The second kappa shape index (κ2) is 8.96. The van der Waals surface area contributed by atoms with Crippen LogP contribution in [0.1, 0.15) is 43.2 Å². The van der Waals surface area contributed by atoms with Crippen LogP contribution in [0.5, 0.6) is 0 Å². The molecule has 1 amide bonds. The lowest BCUT2D eigenvalue weighted by atomic mass is 10.1. The van der Waals surface area contributed by atoms with E-state index in [-0.39, 0.29) is 0 Å². The summed E-state index contributed by atoms with van der Waals surface area (Å²) in [4.78, 5) is 20.3. The fraction of sp³-hybridized carbons (Fsp3) is 0.231. The van der Waals surface area contributed by atoms with Crippen molar-refractivity contribution in [3.8, 4) is 11.3 Å². The SMILES string of the molecule is CC(c1ccccc1)[N+]([O-])(C(=O)O)N1CCCC1c1ncc(-c2ccc3cc(Br)ccc3c2)[nH]1. The number of H-pyrrole nitrogens is 1. The Labute approximate surface area is 205 Å². The second-order valence-electron chi connectivity index (χ2n) is 8.70. The molecule has 0 bridgehead atoms. The topological polar surface area (TPSA) is 92.3 Å². The number of nitrogens with zero attached hydrogens (tertiary/aromatic N) is 3. The third-order valence-corrected chi connectivity index (χ3v) is 7.20. The average molecular weight is 521 g/mol. The summed E-state index contributed by atoms with van der Waals surface area (Å²) in [6.07, 6.45) is 1.72. The van der Waals surface area contributed by atoms with Crippen LogP contribution in [0, 0.1) is 5.21 Å². The van der Waals surface area contributed by atoms with Crippen LogP contribution in [-0.2, 0) is 0 Å². The second-order valence-corrected chi connectivity index (χ2v) is 9.62. The zero-order valence-corrected chi connectivity index (χ0v) is 20.3. The van der Waals surface area contributed by atoms with E-state index in [0.717, 1.165) is 32.9 Å². The number of nitrogens with one attached hydrogen (secondary N) is 1. The number of quaternary nitrogens is 1. The standard InChI is InChI=1S/C26H25BrN4O3/c1-17(18-6-3-2-4-7-18)31(34,26(32)33)30-13-5-8-24(30)25-28-16-23(29-25)21-10-9-20-15-22(27)12-11-19(20)14-21/h2-4,6-7,9-12,14-17,24H,5,8,13H2,1H3,(H,28,29)(H,32,33). The predicted molar refractivity (Wildman–Crippen MR) is 134 cm³/mol. The van der Waals surface area contributed by atoms with Crippen LogP contribution in [-0.4, -0.2) is 37.5 Å². The molecule has 8 heteroatoms. The molecule has 3 aromatic carbocycles. The van der Waals surface area contributed by atoms with E-state index >= 15 is 0 Å². The molecule has 4 aromatic rings. The molecule has 1 aromatic heterocycles. The lowest BCUT2D eigenvalue weighted by Gasteiger charge is -2.48. The van der Waals surface area contributed by atoms with Crippen molar-refractivity contribution >= 4 is 32.8 Å². The lowest BCUT2D eigenvalue weighted by molar-refractivity contribution is -0.958. The summed E-state index contributed by atoms with van der Waals surface area (Å²) in [5.74, 6) is 0.614. The fourth-order valence-electron chi connectivity index (χ4n) is 4.85. The summed E-state index contributed by atoms with van der Waals surface area (Å²) in [6.45, 7) is 2.06. The monoisotopic (exact) mass is 520 g/mol. The Hall–Kier alpha value is -3.04. The number of hydrogen-bond donors (Lipinski definition) is 2. The number of aromatic amines is 1. The zero-order chi connectivity index (χ0) is 23.9. The molecule has 2 heterocycles. The van der Waals surface area contributed by atoms with E-state index in [4.69, 9.17) is 0 Å². The highest BCUT2D eigenvalue weighted by Crippen LogP contribution is 2.41. The average Bonchev–Trinajstić information content (AvgIpc) is 3.53. The smallest absolute Gasteiger partial charge is 0.534 e. The molecule has 34 heavy (non-hydrogen) atoms. The van der Waals surface area contributed by atoms with Gasteiger partial charge < -0.3 is 15.3 Å². The summed E-state index contributed by atoms with van der Waals surface area (Å²) in [7, 11) is 0. The number of amides is 1. The molecular weight excluding hydrogens is 496 g/mol. The predicted octanol–water partition coefficient (Wildman–Crippen LogP) is 6.80. The number of imidazole rings is 1. The van der Waals surface area contributed by atoms with Crippen LogP contribution in [0.4, 0.5) is 4.79 Å². The van der Waals surface area contributed by atoms with Crippen LogP contribution >= 0.6 is 15.9 Å². The molecule has 7 nitrogen and oxygen atoms in total. The summed E-state index contributed by atoms with van der Waals surface area (Å²) < 4.78 is -0.435. The van der Waals surface area contributed by atoms with E-state index in [2.05, 4.69) is 50.2 Å². The summed E-state index contributed by atoms with van der Waals surface area (Å²) in [5, 5.41) is 27.8. The van der Waals surface area contributed by atoms with Crippen molar-refractivity contribution < 1.29 is 14.7 Å². The Morgan fingerprint density at radius 2 is 1.91 bits per heavy atom. The highest BCUT2D eigenvalue weighted by Gasteiger charge is 2.48. The van der Waals surface area contributed by atoms with Gasteiger partial charge in [0.05, 0.1) is 11.9 Å². The van der Waals surface area contributed by atoms with E-state index in [1.807, 2.05) is 30.3 Å². The molecule has 3 atom stereocenters. The number of fused-ring (bicyclic) bond motifs is 1. The molecule has 5 rings (SSSR count). The van der Waals surface area contributed by atoms with E-state index in [1.54, 1.807) is 25.3 Å². The number of benzene rings is 3. The van der Waals surface area contributed by atoms with Gasteiger partial charge in [-0.3, -0.25) is 0 Å². The molecule has 0 aliphatic carbocycles. The first kappa shape index (κ1) is 22.7. The first-order chi connectivity index (χ1) is 16.4. The van der Waals surface area contributed by atoms with Gasteiger partial charge in [0, 0.05) is 22.1 Å². The minimum Gasteiger partial charge on any atom is -0.601 e. The van der Waals surface area contributed by atoms with Crippen molar-refractivity contribution in [1.29, 1.82) is 0 Å². The normalized spacial score (nSPS) is 19.2. The molecule has 2 N–H and O–H groups in total. The van der Waals surface area contributed by atoms with Crippen LogP contribution in [0.25, 0.3) is 22.0 Å². The van der Waals surface area contributed by atoms with Gasteiger partial charge in [-0.15, -0.1) is 5.01 Å². The highest BCUT2D eigenvalue weighted by atomic mass is 79.9. The van der Waals surface area contributed by atoms with Gasteiger partial charge in [0.1, 0.15) is 17.9 Å². The number of carbonyl (C=O) groups is 1. The third-order valence-electron chi connectivity index (χ3n) is 6.71. The molecule has 3 unspecified atom stereocenters. The first-order valence-electron chi connectivity index (χ1n) is 11.3. The first-order valence-corrected chi connectivity index (χ1v) is 12.1. The maximum atomic E-state index is 14.0. The number of hydroxylamine groups is 2. The van der Waals surface area contributed by atoms with E-state index in [1.165, 1.54) is 5.01 Å². The Bertz CT molecular complexity index is 1340. The summed E-state index contributed by atoms with van der Waals surface area (Å²) >= 11 is 3.50. The minimum absolute atomic E-state index is 0.387. The van der Waals surface area contributed by atoms with Crippen molar-refractivity contribution in [2.75, 3.05) is 6.54 Å². The van der Waals surface area contributed by atoms with Crippen molar-refractivity contribution in [1.82, 2.24) is 15.0 Å². The quantitative estimate of drug-likeness (QED) is 0.223. The van der Waals surface area contributed by atoms with Gasteiger partial charge in [-0.25, -0.2) is 4.98 Å². The lowest BCUT2D eigenvalue weighted by Crippen LogP contribution is -2.60. The Kier molecular flexibility index (Phi) is 5.99. The minimum atomic E-state index is -1.46. The largest absolute Gasteiger partial charge is 0.601 e. The molecule has 0 saturated carbocycles. The number of rotatable bonds is 5. The molecule has 1 saturated heterocycles. The van der Waals surface area contributed by atoms with Gasteiger partial charge in [0.25, 0.3) is 0 Å². The van der Waals surface area contributed by atoms with Gasteiger partial charge in [-0.2, -0.15) is 9.55 Å². The Morgan fingerprint density at radius 1 is 1.18 bits per heavy atom. The van der Waals surface area contributed by atoms with Crippen LogP contribution in [0.2, 0.25) is 0 Å². The number of halogens is 1. The number of aromatic nitrogens is 2. The molecule has 1 aliphatic rings. The third kappa shape index (κ3) is 3.92. The van der Waals surface area contributed by atoms with E-state index < -0.39 is 22.9 Å². The van der Waals surface area contributed by atoms with Crippen LogP contribution in [0.15, 0.2) is 77.4 Å². The summed E-state index contributed by atoms with van der Waals surface area (Å²) in [5.41, 5.74) is 2.51. The molecule has 1 aliphatic heterocycles. The van der Waals surface area contributed by atoms with Crippen molar-refractivity contribution in [3.63, 3.8) is 0 Å². The van der Waals surface area contributed by atoms with E-state index in [0.29, 0.717) is 24.4 Å². The summed E-state index contributed by atoms with van der Waals surface area (Å²) in [6, 6.07) is 20.2. The zero-order valence-electron chi connectivity index (χ0n) is 18.7.